The molecule has 4 nitrogen and oxygen atoms in total. The van der Waals surface area contributed by atoms with Crippen LogP contribution < -0.4 is 4.74 Å². The Balaban J connectivity index is 1.87. The molecular weight excluding hydrogens is 580 g/mol. The van der Waals surface area contributed by atoms with Crippen molar-refractivity contribution in [3.63, 3.8) is 0 Å². The van der Waals surface area contributed by atoms with Crippen LogP contribution in [0.25, 0.3) is 6.08 Å². The standard InChI is InChI=1S/C22H21I2NO3/c1-4-9-27-20-17(23)10-14(11-18(20)24)12-19-22(26)28-21(25-19)16-7-5-15(6-8-16)13(2)3/h5-8,10-13H,4,9H2,1-3H3/b19-12-. The average molecular weight is 601 g/mol. The molecule has 0 N–H and O–H groups in total. The predicted octanol–water partition coefficient (Wildman–Crippen LogP) is 6.15. The minimum atomic E-state index is -0.431. The molecule has 2 aromatic carbocycles. The van der Waals surface area contributed by atoms with Crippen LogP contribution in [-0.4, -0.2) is 18.5 Å². The fraction of sp³-hybridized carbons (Fsp3) is 0.273. The second-order valence-corrected chi connectivity index (χ2v) is 9.10. The number of carbonyl (C=O) groups excluding carboxylic acids is 1. The van der Waals surface area contributed by atoms with Crippen LogP contribution in [0.4, 0.5) is 0 Å². The molecule has 0 aromatic heterocycles. The Morgan fingerprint density at radius 3 is 2.36 bits per heavy atom. The molecule has 0 amide bonds. The number of hydrogen-bond donors (Lipinski definition) is 0. The predicted molar refractivity (Wildman–Crippen MR) is 129 cm³/mol. The zero-order valence-corrected chi connectivity index (χ0v) is 20.3. The van der Waals surface area contributed by atoms with Gasteiger partial charge in [0.25, 0.3) is 0 Å². The Labute approximate surface area is 192 Å². The molecule has 0 spiro atoms. The molecule has 0 bridgehead atoms. The molecule has 1 aliphatic rings. The lowest BCUT2D eigenvalue weighted by molar-refractivity contribution is -0.129. The molecule has 0 saturated heterocycles. The van der Waals surface area contributed by atoms with Gasteiger partial charge in [0.05, 0.1) is 13.7 Å². The van der Waals surface area contributed by atoms with Crippen molar-refractivity contribution in [1.82, 2.24) is 0 Å². The topological polar surface area (TPSA) is 47.9 Å². The molecule has 0 aliphatic carbocycles. The second kappa shape index (κ2) is 9.39. The SMILES string of the molecule is CCCOc1c(I)cc(/C=C2\N=C(c3ccc(C(C)C)cc3)OC2=O)cc1I. The number of rotatable bonds is 6. The number of cyclic esters (lactones) is 1. The first-order chi connectivity index (χ1) is 13.4. The highest BCUT2D eigenvalue weighted by atomic mass is 127. The summed E-state index contributed by atoms with van der Waals surface area (Å²) in [6.07, 6.45) is 2.71. The van der Waals surface area contributed by atoms with E-state index in [0.29, 0.717) is 24.1 Å². The van der Waals surface area contributed by atoms with E-state index in [0.717, 1.165) is 30.4 Å². The Morgan fingerprint density at radius 1 is 1.14 bits per heavy atom. The summed E-state index contributed by atoms with van der Waals surface area (Å²) < 4.78 is 13.2. The fourth-order valence-corrected chi connectivity index (χ4v) is 4.83. The monoisotopic (exact) mass is 601 g/mol. The van der Waals surface area contributed by atoms with E-state index in [1.165, 1.54) is 5.56 Å². The van der Waals surface area contributed by atoms with Crippen molar-refractivity contribution in [3.05, 3.63) is 65.9 Å². The maximum atomic E-state index is 12.3. The van der Waals surface area contributed by atoms with E-state index in [2.05, 4.69) is 70.9 Å². The van der Waals surface area contributed by atoms with Gasteiger partial charge in [0.2, 0.25) is 5.90 Å². The van der Waals surface area contributed by atoms with Crippen molar-refractivity contribution in [3.8, 4) is 5.75 Å². The van der Waals surface area contributed by atoms with Gasteiger partial charge in [0.1, 0.15) is 5.75 Å². The number of esters is 1. The summed E-state index contributed by atoms with van der Waals surface area (Å²) >= 11 is 4.51. The summed E-state index contributed by atoms with van der Waals surface area (Å²) in [5.41, 5.74) is 3.23. The minimum absolute atomic E-state index is 0.303. The zero-order valence-electron chi connectivity index (χ0n) is 16.0. The third-order valence-corrected chi connectivity index (χ3v) is 5.82. The molecule has 0 atom stereocenters. The van der Waals surface area contributed by atoms with Gasteiger partial charge in [-0.15, -0.1) is 0 Å². The van der Waals surface area contributed by atoms with Crippen LogP contribution >= 0.6 is 45.2 Å². The van der Waals surface area contributed by atoms with Crippen LogP contribution in [0.5, 0.6) is 5.75 Å². The first-order valence-electron chi connectivity index (χ1n) is 9.13. The van der Waals surface area contributed by atoms with E-state index in [9.17, 15) is 4.79 Å². The lowest BCUT2D eigenvalue weighted by atomic mass is 10.0. The molecule has 146 valence electrons. The maximum Gasteiger partial charge on any atom is 0.363 e. The van der Waals surface area contributed by atoms with E-state index >= 15 is 0 Å². The molecule has 0 saturated carbocycles. The number of halogens is 2. The lowest BCUT2D eigenvalue weighted by Crippen LogP contribution is -2.05. The number of aliphatic imine (C=N–C) groups is 1. The van der Waals surface area contributed by atoms with Gasteiger partial charge in [-0.3, -0.25) is 0 Å². The second-order valence-electron chi connectivity index (χ2n) is 6.77. The highest BCUT2D eigenvalue weighted by Crippen LogP contribution is 2.30. The van der Waals surface area contributed by atoms with E-state index in [4.69, 9.17) is 9.47 Å². The van der Waals surface area contributed by atoms with Crippen LogP contribution in [0.2, 0.25) is 0 Å². The first-order valence-corrected chi connectivity index (χ1v) is 11.3. The average Bonchev–Trinajstić information content (AvgIpc) is 3.01. The summed E-state index contributed by atoms with van der Waals surface area (Å²) in [7, 11) is 0. The zero-order chi connectivity index (χ0) is 20.3. The number of nitrogens with zero attached hydrogens (tertiary/aromatic N) is 1. The highest BCUT2D eigenvalue weighted by Gasteiger charge is 2.24. The number of ether oxygens (including phenoxy) is 2. The molecule has 6 heteroatoms. The van der Waals surface area contributed by atoms with Crippen LogP contribution in [0.15, 0.2) is 47.1 Å². The number of benzene rings is 2. The molecule has 0 radical (unpaired) electrons. The summed E-state index contributed by atoms with van der Waals surface area (Å²) in [5.74, 6) is 1.25. The summed E-state index contributed by atoms with van der Waals surface area (Å²) in [6.45, 7) is 7.05. The van der Waals surface area contributed by atoms with Gasteiger partial charge < -0.3 is 9.47 Å². The third-order valence-electron chi connectivity index (χ3n) is 4.22. The largest absolute Gasteiger partial charge is 0.491 e. The highest BCUT2D eigenvalue weighted by molar-refractivity contribution is 14.1. The minimum Gasteiger partial charge on any atom is -0.491 e. The third kappa shape index (κ3) is 4.94. The molecule has 0 unspecified atom stereocenters. The van der Waals surface area contributed by atoms with Crippen molar-refractivity contribution >= 4 is 63.1 Å². The molecule has 2 aromatic rings. The van der Waals surface area contributed by atoms with Gasteiger partial charge in [-0.05, 0) is 99.0 Å². The van der Waals surface area contributed by atoms with Crippen LogP contribution in [0.1, 0.15) is 49.8 Å². The maximum absolute atomic E-state index is 12.3. The summed E-state index contributed by atoms with van der Waals surface area (Å²) in [5, 5.41) is 0. The van der Waals surface area contributed by atoms with E-state index in [-0.39, 0.29) is 0 Å². The molecular formula is C22H21I2NO3. The number of hydrogen-bond acceptors (Lipinski definition) is 4. The smallest absolute Gasteiger partial charge is 0.363 e. The first kappa shape index (κ1) is 21.3. The lowest BCUT2D eigenvalue weighted by Gasteiger charge is -2.10. The fourth-order valence-electron chi connectivity index (χ4n) is 2.71. The van der Waals surface area contributed by atoms with Crippen molar-refractivity contribution in [2.24, 2.45) is 4.99 Å². The van der Waals surface area contributed by atoms with Gasteiger partial charge in [-0.2, -0.15) is 0 Å². The van der Waals surface area contributed by atoms with Gasteiger partial charge >= 0.3 is 5.97 Å². The molecule has 1 aliphatic heterocycles. The van der Waals surface area contributed by atoms with Gasteiger partial charge in [0, 0.05) is 5.56 Å². The molecule has 28 heavy (non-hydrogen) atoms. The van der Waals surface area contributed by atoms with Crippen LogP contribution in [0.3, 0.4) is 0 Å². The molecule has 1 heterocycles. The van der Waals surface area contributed by atoms with E-state index in [1.807, 2.05) is 36.4 Å². The van der Waals surface area contributed by atoms with E-state index in [1.54, 1.807) is 6.08 Å². The number of carbonyl (C=O) groups is 1. The van der Waals surface area contributed by atoms with Crippen molar-refractivity contribution in [1.29, 1.82) is 0 Å². The van der Waals surface area contributed by atoms with Gasteiger partial charge in [-0.1, -0.05) is 32.9 Å². The molecule has 0 fully saturated rings. The van der Waals surface area contributed by atoms with Gasteiger partial charge in [0.15, 0.2) is 5.70 Å². The van der Waals surface area contributed by atoms with E-state index < -0.39 is 5.97 Å². The van der Waals surface area contributed by atoms with Gasteiger partial charge in [-0.25, -0.2) is 9.79 Å². The Morgan fingerprint density at radius 2 is 1.79 bits per heavy atom. The Bertz CT molecular complexity index is 924. The van der Waals surface area contributed by atoms with Crippen molar-refractivity contribution in [2.75, 3.05) is 6.61 Å². The van der Waals surface area contributed by atoms with Crippen molar-refractivity contribution in [2.45, 2.75) is 33.1 Å². The van der Waals surface area contributed by atoms with Crippen LogP contribution in [0, 0.1) is 7.14 Å². The normalized spacial score (nSPS) is 15.1. The quantitative estimate of drug-likeness (QED) is 0.227. The Kier molecular flexibility index (Phi) is 7.14. The molecule has 3 rings (SSSR count). The Hall–Kier alpha value is -1.42. The van der Waals surface area contributed by atoms with Crippen molar-refractivity contribution < 1.29 is 14.3 Å². The van der Waals surface area contributed by atoms with Crippen LogP contribution in [-0.2, 0) is 9.53 Å². The summed E-state index contributed by atoms with van der Waals surface area (Å²) in [4.78, 5) is 16.7. The summed E-state index contributed by atoms with van der Waals surface area (Å²) in [6, 6.07) is 11.9.